The van der Waals surface area contributed by atoms with Crippen LogP contribution in [0.5, 0.6) is 0 Å². The van der Waals surface area contributed by atoms with Crippen LogP contribution in [0.15, 0.2) is 18.2 Å². The van der Waals surface area contributed by atoms with Crippen molar-refractivity contribution < 1.29 is 18.7 Å². The van der Waals surface area contributed by atoms with Crippen molar-refractivity contribution in [2.45, 2.75) is 26.3 Å². The molecule has 0 aliphatic carbocycles. The van der Waals surface area contributed by atoms with Crippen LogP contribution in [-0.2, 0) is 0 Å². The van der Waals surface area contributed by atoms with Crippen LogP contribution in [0.25, 0.3) is 0 Å². The van der Waals surface area contributed by atoms with Crippen molar-refractivity contribution in [3.63, 3.8) is 0 Å². The Bertz CT molecular complexity index is 421. The van der Waals surface area contributed by atoms with Gasteiger partial charge in [-0.3, -0.25) is 4.79 Å². The second-order valence-electron chi connectivity index (χ2n) is 4.29. The van der Waals surface area contributed by atoms with Gasteiger partial charge in [0, 0.05) is 25.3 Å². The molecule has 0 atom stereocenters. The van der Waals surface area contributed by atoms with Gasteiger partial charge in [-0.25, -0.2) is 8.78 Å². The molecule has 0 unspecified atom stereocenters. The van der Waals surface area contributed by atoms with Crippen LogP contribution in [-0.4, -0.2) is 35.1 Å². The number of carbonyl (C=O) groups is 1. The molecule has 1 aromatic rings. The monoisotopic (exact) mass is 257 g/mol. The SMILES string of the molecule is CC(C)N(CCCO)C(=O)c1ccc(F)cc1F. The number of carbonyl (C=O) groups excluding carboxylic acids is 1. The molecule has 0 radical (unpaired) electrons. The molecule has 0 saturated heterocycles. The van der Waals surface area contributed by atoms with Crippen LogP contribution in [0.4, 0.5) is 8.78 Å². The van der Waals surface area contributed by atoms with Gasteiger partial charge in [-0.05, 0) is 32.4 Å². The highest BCUT2D eigenvalue weighted by molar-refractivity contribution is 5.94. The number of hydrogen-bond donors (Lipinski definition) is 1. The summed E-state index contributed by atoms with van der Waals surface area (Å²) < 4.78 is 26.3. The van der Waals surface area contributed by atoms with Crippen molar-refractivity contribution in [3.05, 3.63) is 35.4 Å². The maximum atomic E-state index is 13.5. The Labute approximate surface area is 105 Å². The summed E-state index contributed by atoms with van der Waals surface area (Å²) in [6, 6.07) is 2.77. The summed E-state index contributed by atoms with van der Waals surface area (Å²) in [5.41, 5.74) is -0.150. The molecular weight excluding hydrogens is 240 g/mol. The fourth-order valence-electron chi connectivity index (χ4n) is 1.65. The Morgan fingerprint density at radius 3 is 2.56 bits per heavy atom. The first-order valence-corrected chi connectivity index (χ1v) is 5.84. The molecular formula is C13H17F2NO2. The second-order valence-corrected chi connectivity index (χ2v) is 4.29. The first-order valence-electron chi connectivity index (χ1n) is 5.84. The molecule has 1 rings (SSSR count). The molecule has 100 valence electrons. The summed E-state index contributed by atoms with van der Waals surface area (Å²) in [5.74, 6) is -2.07. The highest BCUT2D eigenvalue weighted by atomic mass is 19.1. The second kappa shape index (κ2) is 6.44. The van der Waals surface area contributed by atoms with E-state index in [-0.39, 0.29) is 18.2 Å². The lowest BCUT2D eigenvalue weighted by Crippen LogP contribution is -2.38. The molecule has 0 spiro atoms. The van der Waals surface area contributed by atoms with E-state index in [9.17, 15) is 13.6 Å². The Hall–Kier alpha value is -1.49. The van der Waals surface area contributed by atoms with Gasteiger partial charge in [0.2, 0.25) is 0 Å². The molecule has 0 aliphatic heterocycles. The van der Waals surface area contributed by atoms with Crippen molar-refractivity contribution in [2.75, 3.05) is 13.2 Å². The lowest BCUT2D eigenvalue weighted by Gasteiger charge is -2.26. The van der Waals surface area contributed by atoms with Crippen LogP contribution in [0, 0.1) is 11.6 Å². The standard InChI is InChI=1S/C13H17F2NO2/c1-9(2)16(6-3-7-17)13(18)11-5-4-10(14)8-12(11)15/h4-5,8-9,17H,3,6-7H2,1-2H3. The molecule has 1 N–H and O–H groups in total. The third-order valence-corrected chi connectivity index (χ3v) is 2.60. The highest BCUT2D eigenvalue weighted by Crippen LogP contribution is 2.14. The zero-order valence-electron chi connectivity index (χ0n) is 10.5. The van der Waals surface area contributed by atoms with E-state index in [0.29, 0.717) is 19.0 Å². The average Bonchev–Trinajstić information content (AvgIpc) is 2.28. The zero-order chi connectivity index (χ0) is 13.7. The van der Waals surface area contributed by atoms with Gasteiger partial charge in [0.1, 0.15) is 11.6 Å². The molecule has 0 bridgehead atoms. The van der Waals surface area contributed by atoms with Crippen LogP contribution < -0.4 is 0 Å². The number of rotatable bonds is 5. The van der Waals surface area contributed by atoms with Crippen molar-refractivity contribution >= 4 is 5.91 Å². The van der Waals surface area contributed by atoms with Gasteiger partial charge in [-0.1, -0.05) is 0 Å². The number of aliphatic hydroxyl groups excluding tert-OH is 1. The van der Waals surface area contributed by atoms with E-state index < -0.39 is 17.5 Å². The lowest BCUT2D eigenvalue weighted by atomic mass is 10.1. The normalized spacial score (nSPS) is 10.8. The molecule has 0 saturated carbocycles. The van der Waals surface area contributed by atoms with E-state index in [1.165, 1.54) is 4.90 Å². The minimum atomic E-state index is -0.866. The van der Waals surface area contributed by atoms with E-state index in [1.807, 2.05) is 0 Å². The summed E-state index contributed by atoms with van der Waals surface area (Å²) in [4.78, 5) is 13.6. The summed E-state index contributed by atoms with van der Waals surface area (Å²) in [5, 5.41) is 8.78. The quantitative estimate of drug-likeness (QED) is 0.878. The first-order chi connectivity index (χ1) is 8.47. The molecule has 0 aromatic heterocycles. The van der Waals surface area contributed by atoms with Crippen molar-refractivity contribution in [1.82, 2.24) is 4.90 Å². The van der Waals surface area contributed by atoms with E-state index in [1.54, 1.807) is 13.8 Å². The van der Waals surface area contributed by atoms with Crippen LogP contribution >= 0.6 is 0 Å². The van der Waals surface area contributed by atoms with Gasteiger partial charge in [-0.2, -0.15) is 0 Å². The number of amides is 1. The van der Waals surface area contributed by atoms with E-state index in [4.69, 9.17) is 5.11 Å². The Morgan fingerprint density at radius 2 is 2.06 bits per heavy atom. The fourth-order valence-corrected chi connectivity index (χ4v) is 1.65. The molecule has 0 fully saturated rings. The maximum absolute atomic E-state index is 13.5. The van der Waals surface area contributed by atoms with Crippen LogP contribution in [0.1, 0.15) is 30.6 Å². The Balaban J connectivity index is 2.94. The maximum Gasteiger partial charge on any atom is 0.257 e. The van der Waals surface area contributed by atoms with Crippen LogP contribution in [0.3, 0.4) is 0 Å². The third kappa shape index (κ3) is 3.50. The largest absolute Gasteiger partial charge is 0.396 e. The summed E-state index contributed by atoms with van der Waals surface area (Å²) in [6.07, 6.45) is 0.423. The third-order valence-electron chi connectivity index (χ3n) is 2.60. The minimum absolute atomic E-state index is 0.0393. The van der Waals surface area contributed by atoms with Gasteiger partial charge in [0.15, 0.2) is 0 Å². The highest BCUT2D eigenvalue weighted by Gasteiger charge is 2.21. The molecule has 5 heteroatoms. The molecule has 3 nitrogen and oxygen atoms in total. The smallest absolute Gasteiger partial charge is 0.257 e. The van der Waals surface area contributed by atoms with Crippen molar-refractivity contribution in [1.29, 1.82) is 0 Å². The zero-order valence-corrected chi connectivity index (χ0v) is 10.5. The van der Waals surface area contributed by atoms with E-state index in [2.05, 4.69) is 0 Å². The van der Waals surface area contributed by atoms with Crippen LogP contribution in [0.2, 0.25) is 0 Å². The van der Waals surface area contributed by atoms with Gasteiger partial charge < -0.3 is 10.0 Å². The van der Waals surface area contributed by atoms with E-state index >= 15 is 0 Å². The summed E-state index contributed by atoms with van der Waals surface area (Å²) >= 11 is 0. The lowest BCUT2D eigenvalue weighted by molar-refractivity contribution is 0.0688. The number of halogens is 2. The predicted molar refractivity (Wildman–Crippen MR) is 64.2 cm³/mol. The number of hydrogen-bond acceptors (Lipinski definition) is 2. The van der Waals surface area contributed by atoms with Gasteiger partial charge in [-0.15, -0.1) is 0 Å². The minimum Gasteiger partial charge on any atom is -0.396 e. The number of aliphatic hydroxyl groups is 1. The predicted octanol–water partition coefficient (Wildman–Crippen LogP) is 2.20. The van der Waals surface area contributed by atoms with Gasteiger partial charge in [0.05, 0.1) is 5.56 Å². The molecule has 1 aromatic carbocycles. The molecule has 0 aliphatic rings. The Morgan fingerprint density at radius 1 is 1.39 bits per heavy atom. The fraction of sp³-hybridized carbons (Fsp3) is 0.462. The first kappa shape index (κ1) is 14.6. The van der Waals surface area contributed by atoms with E-state index in [0.717, 1.165) is 12.1 Å². The van der Waals surface area contributed by atoms with Gasteiger partial charge >= 0.3 is 0 Å². The summed E-state index contributed by atoms with van der Waals surface area (Å²) in [6.45, 7) is 3.90. The number of benzene rings is 1. The van der Waals surface area contributed by atoms with Gasteiger partial charge in [0.25, 0.3) is 5.91 Å². The summed E-state index contributed by atoms with van der Waals surface area (Å²) in [7, 11) is 0. The molecule has 0 heterocycles. The van der Waals surface area contributed by atoms with Crippen molar-refractivity contribution in [3.8, 4) is 0 Å². The van der Waals surface area contributed by atoms with Crippen molar-refractivity contribution in [2.24, 2.45) is 0 Å². The molecule has 18 heavy (non-hydrogen) atoms. The average molecular weight is 257 g/mol. The Kier molecular flexibility index (Phi) is 5.22. The topological polar surface area (TPSA) is 40.5 Å². The molecule has 1 amide bonds. The number of nitrogens with zero attached hydrogens (tertiary/aromatic N) is 1.